The van der Waals surface area contributed by atoms with Crippen LogP contribution in [-0.4, -0.2) is 36.3 Å². The van der Waals surface area contributed by atoms with Gasteiger partial charge in [0.2, 0.25) is 10.0 Å². The molecule has 2 rings (SSSR count). The maximum Gasteiger partial charge on any atom is 0.247 e. The second-order valence-corrected chi connectivity index (χ2v) is 7.16. The van der Waals surface area contributed by atoms with E-state index in [1.54, 1.807) is 22.6 Å². The first-order valence-electron chi connectivity index (χ1n) is 7.21. The summed E-state index contributed by atoms with van der Waals surface area (Å²) in [5.41, 5.74) is 0. The number of pyridine rings is 1. The molecule has 0 radical (unpaired) electrons. The first-order valence-corrected chi connectivity index (χ1v) is 8.65. The third-order valence-electron chi connectivity index (χ3n) is 3.78. The highest BCUT2D eigenvalue weighted by molar-refractivity contribution is 7.89. The molecule has 0 spiro atoms. The van der Waals surface area contributed by atoms with Gasteiger partial charge in [-0.1, -0.05) is 6.42 Å². The van der Waals surface area contributed by atoms with E-state index in [9.17, 15) is 8.42 Å². The summed E-state index contributed by atoms with van der Waals surface area (Å²) in [6.45, 7) is 6.54. The van der Waals surface area contributed by atoms with Crippen molar-refractivity contribution in [2.24, 2.45) is 0 Å². The molecule has 1 N–H and O–H groups in total. The van der Waals surface area contributed by atoms with Gasteiger partial charge in [0.25, 0.3) is 0 Å². The number of anilines is 1. The number of nitrogens with zero attached hydrogens (tertiary/aromatic N) is 2. The predicted molar refractivity (Wildman–Crippen MR) is 80.2 cm³/mol. The van der Waals surface area contributed by atoms with Crippen molar-refractivity contribution >= 4 is 15.8 Å². The largest absolute Gasteiger partial charge is 0.369 e. The second-order valence-electron chi connectivity index (χ2n) is 5.34. The smallest absolute Gasteiger partial charge is 0.247 e. The van der Waals surface area contributed by atoms with Gasteiger partial charge in [0.15, 0.2) is 0 Å². The minimum absolute atomic E-state index is 0.0402. The van der Waals surface area contributed by atoms with Crippen LogP contribution in [0.15, 0.2) is 23.2 Å². The standard InChI is InChI=1S/C14H23N3O2S/c1-4-15-14-13(9-6-10-16-14)20(18,19)17-11(2)7-5-8-12(17)3/h6,9-12H,4-5,7-8H2,1-3H3,(H,15,16). The Morgan fingerprint density at radius 3 is 2.60 bits per heavy atom. The number of hydrogen-bond acceptors (Lipinski definition) is 4. The van der Waals surface area contributed by atoms with Crippen molar-refractivity contribution in [1.29, 1.82) is 0 Å². The number of sulfonamides is 1. The third kappa shape index (κ3) is 2.81. The summed E-state index contributed by atoms with van der Waals surface area (Å²) < 4.78 is 27.5. The van der Waals surface area contributed by atoms with E-state index >= 15 is 0 Å². The van der Waals surface area contributed by atoms with Crippen molar-refractivity contribution in [1.82, 2.24) is 9.29 Å². The lowest BCUT2D eigenvalue weighted by molar-refractivity contribution is 0.204. The van der Waals surface area contributed by atoms with Crippen LogP contribution in [0, 0.1) is 0 Å². The minimum atomic E-state index is -3.50. The average Bonchev–Trinajstić information content (AvgIpc) is 2.39. The van der Waals surface area contributed by atoms with Gasteiger partial charge in [-0.05, 0) is 45.7 Å². The van der Waals surface area contributed by atoms with Crippen LogP contribution < -0.4 is 5.32 Å². The Hall–Kier alpha value is -1.14. The van der Waals surface area contributed by atoms with E-state index < -0.39 is 10.0 Å². The molecule has 2 atom stereocenters. The van der Waals surface area contributed by atoms with Crippen LogP contribution >= 0.6 is 0 Å². The molecule has 20 heavy (non-hydrogen) atoms. The fraction of sp³-hybridized carbons (Fsp3) is 0.643. The molecular weight excluding hydrogens is 274 g/mol. The Morgan fingerprint density at radius 1 is 1.35 bits per heavy atom. The number of nitrogens with one attached hydrogen (secondary N) is 1. The topological polar surface area (TPSA) is 62.3 Å². The predicted octanol–water partition coefficient (Wildman–Crippen LogP) is 2.47. The molecule has 1 aromatic rings. The Balaban J connectivity index is 2.44. The van der Waals surface area contributed by atoms with Crippen LogP contribution in [0.4, 0.5) is 5.82 Å². The van der Waals surface area contributed by atoms with Gasteiger partial charge in [0.1, 0.15) is 10.7 Å². The lowest BCUT2D eigenvalue weighted by Gasteiger charge is -2.37. The van der Waals surface area contributed by atoms with Gasteiger partial charge in [-0.15, -0.1) is 0 Å². The zero-order chi connectivity index (χ0) is 14.8. The second kappa shape index (κ2) is 6.10. The van der Waals surface area contributed by atoms with Crippen molar-refractivity contribution in [3.63, 3.8) is 0 Å². The monoisotopic (exact) mass is 297 g/mol. The van der Waals surface area contributed by atoms with Gasteiger partial charge >= 0.3 is 0 Å². The van der Waals surface area contributed by atoms with Crippen LogP contribution in [0.1, 0.15) is 40.0 Å². The van der Waals surface area contributed by atoms with Gasteiger partial charge in [-0.3, -0.25) is 0 Å². The summed E-state index contributed by atoms with van der Waals surface area (Å²) in [7, 11) is -3.50. The van der Waals surface area contributed by atoms with Crippen LogP contribution in [0.25, 0.3) is 0 Å². The summed E-state index contributed by atoms with van der Waals surface area (Å²) >= 11 is 0. The molecule has 0 aromatic carbocycles. The van der Waals surface area contributed by atoms with Crippen molar-refractivity contribution in [2.45, 2.75) is 57.0 Å². The van der Waals surface area contributed by atoms with Gasteiger partial charge in [0.05, 0.1) is 0 Å². The number of rotatable bonds is 4. The molecule has 6 heteroatoms. The van der Waals surface area contributed by atoms with Crippen molar-refractivity contribution in [3.8, 4) is 0 Å². The van der Waals surface area contributed by atoms with E-state index in [1.165, 1.54) is 0 Å². The van der Waals surface area contributed by atoms with Crippen LogP contribution in [-0.2, 0) is 10.0 Å². The molecular formula is C14H23N3O2S. The zero-order valence-corrected chi connectivity index (χ0v) is 13.2. The van der Waals surface area contributed by atoms with Crippen molar-refractivity contribution in [3.05, 3.63) is 18.3 Å². The molecule has 1 aliphatic rings. The highest BCUT2D eigenvalue weighted by Crippen LogP contribution is 2.31. The molecule has 5 nitrogen and oxygen atoms in total. The minimum Gasteiger partial charge on any atom is -0.369 e. The molecule has 0 aliphatic carbocycles. The Bertz CT molecular complexity index is 549. The molecule has 0 saturated carbocycles. The molecule has 2 unspecified atom stereocenters. The third-order valence-corrected chi connectivity index (χ3v) is 5.94. The number of piperidine rings is 1. The Labute approximate surface area is 121 Å². The first kappa shape index (κ1) is 15.3. The van der Waals surface area contributed by atoms with Gasteiger partial charge in [0, 0.05) is 24.8 Å². The quantitative estimate of drug-likeness (QED) is 0.927. The van der Waals surface area contributed by atoms with Gasteiger partial charge < -0.3 is 5.32 Å². The van der Waals surface area contributed by atoms with Crippen LogP contribution in [0.3, 0.4) is 0 Å². The van der Waals surface area contributed by atoms with Crippen molar-refractivity contribution < 1.29 is 8.42 Å². The van der Waals surface area contributed by atoms with Gasteiger partial charge in [-0.2, -0.15) is 4.31 Å². The summed E-state index contributed by atoms with van der Waals surface area (Å²) in [5, 5.41) is 3.03. The fourth-order valence-electron chi connectivity index (χ4n) is 2.88. The molecule has 1 saturated heterocycles. The van der Waals surface area contributed by atoms with E-state index in [2.05, 4.69) is 10.3 Å². The lowest BCUT2D eigenvalue weighted by Crippen LogP contribution is -2.47. The molecule has 0 amide bonds. The number of aromatic nitrogens is 1. The van der Waals surface area contributed by atoms with E-state index in [0.29, 0.717) is 12.4 Å². The summed E-state index contributed by atoms with van der Waals surface area (Å²) in [4.78, 5) is 4.44. The molecule has 1 fully saturated rings. The maximum absolute atomic E-state index is 12.9. The summed E-state index contributed by atoms with van der Waals surface area (Å²) in [6.07, 6.45) is 4.53. The maximum atomic E-state index is 12.9. The SMILES string of the molecule is CCNc1ncccc1S(=O)(=O)N1C(C)CCCC1C. The van der Waals surface area contributed by atoms with E-state index in [0.717, 1.165) is 19.3 Å². The highest BCUT2D eigenvalue weighted by Gasteiger charge is 2.37. The molecule has 1 aromatic heterocycles. The fourth-order valence-corrected chi connectivity index (χ4v) is 4.89. The molecule has 1 aliphatic heterocycles. The Morgan fingerprint density at radius 2 is 2.00 bits per heavy atom. The normalized spacial score (nSPS) is 24.6. The van der Waals surface area contributed by atoms with Crippen LogP contribution in [0.5, 0.6) is 0 Å². The van der Waals surface area contributed by atoms with Crippen molar-refractivity contribution in [2.75, 3.05) is 11.9 Å². The summed E-state index contributed by atoms with van der Waals surface area (Å²) in [5.74, 6) is 0.444. The number of hydrogen-bond donors (Lipinski definition) is 1. The van der Waals surface area contributed by atoms with E-state index in [4.69, 9.17) is 0 Å². The molecule has 2 heterocycles. The molecule has 0 bridgehead atoms. The average molecular weight is 297 g/mol. The van der Waals surface area contributed by atoms with E-state index in [1.807, 2.05) is 20.8 Å². The summed E-state index contributed by atoms with van der Waals surface area (Å²) in [6, 6.07) is 3.39. The van der Waals surface area contributed by atoms with Crippen LogP contribution in [0.2, 0.25) is 0 Å². The highest BCUT2D eigenvalue weighted by atomic mass is 32.2. The Kier molecular flexibility index (Phi) is 4.65. The van der Waals surface area contributed by atoms with E-state index in [-0.39, 0.29) is 17.0 Å². The first-order chi connectivity index (χ1) is 9.48. The van der Waals surface area contributed by atoms with Gasteiger partial charge in [-0.25, -0.2) is 13.4 Å². The lowest BCUT2D eigenvalue weighted by atomic mass is 10.0. The molecule has 112 valence electrons. The zero-order valence-electron chi connectivity index (χ0n) is 12.3.